The van der Waals surface area contributed by atoms with Gasteiger partial charge < -0.3 is 0 Å². The lowest BCUT2D eigenvalue weighted by atomic mass is 9.95. The molecule has 0 aliphatic rings. The van der Waals surface area contributed by atoms with Crippen LogP contribution in [-0.2, 0) is 0 Å². The first kappa shape index (κ1) is 18.6. The van der Waals surface area contributed by atoms with E-state index in [4.69, 9.17) is 17.8 Å². The molecule has 2 aromatic heterocycles. The highest BCUT2D eigenvalue weighted by molar-refractivity contribution is 6.33. The van der Waals surface area contributed by atoms with Crippen molar-refractivity contribution >= 4 is 35.4 Å². The number of rotatable bonds is 3. The largest absolute Gasteiger partial charge is 0.293 e. The first-order chi connectivity index (χ1) is 15.8. The molecule has 0 N–H and O–H groups in total. The van der Waals surface area contributed by atoms with Gasteiger partial charge in [0.1, 0.15) is 13.4 Å². The van der Waals surface area contributed by atoms with Crippen molar-refractivity contribution in [3.63, 3.8) is 0 Å². The van der Waals surface area contributed by atoms with Crippen LogP contribution in [0.2, 0.25) is 0 Å². The summed E-state index contributed by atoms with van der Waals surface area (Å²) < 4.78 is 2.16. The highest BCUT2D eigenvalue weighted by Gasteiger charge is 2.20. The van der Waals surface area contributed by atoms with Crippen molar-refractivity contribution in [3.8, 4) is 28.2 Å². The summed E-state index contributed by atoms with van der Waals surface area (Å²) in [6.45, 7) is 0. The summed E-state index contributed by atoms with van der Waals surface area (Å²) in [7, 11) is 6.18. The Morgan fingerprint density at radius 2 is 1.16 bits per heavy atom. The second-order valence-electron chi connectivity index (χ2n) is 7.77. The van der Waals surface area contributed by atoms with Crippen LogP contribution in [0.5, 0.6) is 0 Å². The molecule has 0 fully saturated rings. The van der Waals surface area contributed by atoms with E-state index in [0.29, 0.717) is 5.46 Å². The molecular formula is C28H18BN3. The lowest BCUT2D eigenvalue weighted by molar-refractivity contribution is 1.13. The van der Waals surface area contributed by atoms with E-state index in [0.717, 1.165) is 50.3 Å². The van der Waals surface area contributed by atoms with Gasteiger partial charge in [-0.1, -0.05) is 96.5 Å². The molecule has 4 aromatic carbocycles. The van der Waals surface area contributed by atoms with E-state index in [1.54, 1.807) is 0 Å². The minimum absolute atomic E-state index is 0.708. The second kappa shape index (κ2) is 7.50. The molecule has 0 aliphatic carbocycles. The Hall–Kier alpha value is -4.18. The van der Waals surface area contributed by atoms with Gasteiger partial charge in [-0.15, -0.1) is 0 Å². The molecule has 0 saturated heterocycles. The van der Waals surface area contributed by atoms with E-state index < -0.39 is 0 Å². The lowest BCUT2D eigenvalue weighted by Crippen LogP contribution is -2.00. The lowest BCUT2D eigenvalue weighted by Gasteiger charge is -2.11. The Labute approximate surface area is 187 Å². The first-order valence-corrected chi connectivity index (χ1v) is 10.6. The zero-order chi connectivity index (χ0) is 21.5. The molecule has 6 aromatic rings. The molecule has 4 heteroatoms. The number of benzene rings is 4. The van der Waals surface area contributed by atoms with Crippen LogP contribution in [0.3, 0.4) is 0 Å². The second-order valence-corrected chi connectivity index (χ2v) is 7.77. The Kier molecular flexibility index (Phi) is 4.36. The minimum atomic E-state index is 0.708. The third-order valence-corrected chi connectivity index (χ3v) is 5.71. The summed E-state index contributed by atoms with van der Waals surface area (Å²) in [5.74, 6) is 0. The average molecular weight is 407 g/mol. The number of nitrogens with zero attached hydrogens (tertiary/aromatic N) is 3. The zero-order valence-electron chi connectivity index (χ0n) is 17.3. The maximum atomic E-state index is 6.18. The molecule has 32 heavy (non-hydrogen) atoms. The van der Waals surface area contributed by atoms with Crippen LogP contribution in [-0.4, -0.2) is 22.4 Å². The third kappa shape index (κ3) is 3.00. The fourth-order valence-electron chi connectivity index (χ4n) is 4.25. The van der Waals surface area contributed by atoms with Crippen LogP contribution in [0.15, 0.2) is 109 Å². The van der Waals surface area contributed by atoms with Crippen LogP contribution in [0.1, 0.15) is 0 Å². The highest BCUT2D eigenvalue weighted by atomic mass is 15.1. The molecule has 3 nitrogen and oxygen atoms in total. The molecule has 0 unspecified atom stereocenters. The van der Waals surface area contributed by atoms with E-state index in [1.165, 1.54) is 0 Å². The summed E-state index contributed by atoms with van der Waals surface area (Å²) in [4.78, 5) is 10.4. The molecular weight excluding hydrogens is 389 g/mol. The van der Waals surface area contributed by atoms with Gasteiger partial charge >= 0.3 is 0 Å². The molecule has 0 spiro atoms. The Bertz CT molecular complexity index is 1560. The van der Waals surface area contributed by atoms with E-state index in [1.807, 2.05) is 72.8 Å². The normalized spacial score (nSPS) is 11.2. The SMILES string of the molecule is [B]c1ccc2c(c1)c1nc(-c3ccccc3)c(-c3ccccc3)nc1n2-c1ccccc1. The topological polar surface area (TPSA) is 30.7 Å². The fourth-order valence-corrected chi connectivity index (χ4v) is 4.25. The predicted molar refractivity (Wildman–Crippen MR) is 133 cm³/mol. The number of para-hydroxylation sites is 1. The minimum Gasteiger partial charge on any atom is -0.293 e. The van der Waals surface area contributed by atoms with Crippen LogP contribution in [0.25, 0.3) is 50.3 Å². The van der Waals surface area contributed by atoms with E-state index >= 15 is 0 Å². The van der Waals surface area contributed by atoms with Crippen molar-refractivity contribution in [1.82, 2.24) is 14.5 Å². The van der Waals surface area contributed by atoms with Crippen molar-refractivity contribution < 1.29 is 0 Å². The maximum absolute atomic E-state index is 6.18. The Morgan fingerprint density at radius 3 is 1.78 bits per heavy atom. The van der Waals surface area contributed by atoms with E-state index in [-0.39, 0.29) is 0 Å². The standard InChI is InChI=1S/C28H18BN3/c29-21-16-17-24-23(18-21)27-28(32(24)22-14-8-3-9-15-22)31-26(20-12-6-2-7-13-20)25(30-27)19-10-4-1-5-11-19/h1-18H. The number of hydrogen-bond donors (Lipinski definition) is 0. The molecule has 6 rings (SSSR count). The van der Waals surface area contributed by atoms with Gasteiger partial charge in [0, 0.05) is 22.2 Å². The van der Waals surface area contributed by atoms with Gasteiger partial charge in [0.15, 0.2) is 5.65 Å². The maximum Gasteiger partial charge on any atom is 0.165 e. The molecule has 0 saturated carbocycles. The smallest absolute Gasteiger partial charge is 0.165 e. The van der Waals surface area contributed by atoms with Gasteiger partial charge in [0.25, 0.3) is 0 Å². The van der Waals surface area contributed by atoms with E-state index in [2.05, 4.69) is 41.0 Å². The van der Waals surface area contributed by atoms with Crippen LogP contribution in [0.4, 0.5) is 0 Å². The summed E-state index contributed by atoms with van der Waals surface area (Å²) in [5, 5.41) is 0.994. The van der Waals surface area contributed by atoms with Crippen molar-refractivity contribution in [2.24, 2.45) is 0 Å². The summed E-state index contributed by atoms with van der Waals surface area (Å²) in [6, 6.07) is 36.7. The van der Waals surface area contributed by atoms with E-state index in [9.17, 15) is 0 Å². The Balaban J connectivity index is 1.78. The summed E-state index contributed by atoms with van der Waals surface area (Å²) >= 11 is 0. The molecule has 2 radical (unpaired) electrons. The molecule has 2 heterocycles. The van der Waals surface area contributed by atoms with Gasteiger partial charge in [0.05, 0.1) is 16.9 Å². The van der Waals surface area contributed by atoms with Gasteiger partial charge in [-0.3, -0.25) is 4.57 Å². The molecule has 0 atom stereocenters. The van der Waals surface area contributed by atoms with Crippen LogP contribution >= 0.6 is 0 Å². The van der Waals surface area contributed by atoms with Gasteiger partial charge in [-0.25, -0.2) is 9.97 Å². The highest BCUT2D eigenvalue weighted by Crippen LogP contribution is 2.35. The molecule has 0 bridgehead atoms. The third-order valence-electron chi connectivity index (χ3n) is 5.71. The van der Waals surface area contributed by atoms with Crippen molar-refractivity contribution in [1.29, 1.82) is 0 Å². The van der Waals surface area contributed by atoms with Gasteiger partial charge in [-0.2, -0.15) is 0 Å². The molecule has 148 valence electrons. The summed E-state index contributed by atoms with van der Waals surface area (Å²) in [6.07, 6.45) is 0. The zero-order valence-corrected chi connectivity index (χ0v) is 17.3. The average Bonchev–Trinajstić information content (AvgIpc) is 3.17. The van der Waals surface area contributed by atoms with Crippen molar-refractivity contribution in [3.05, 3.63) is 109 Å². The quantitative estimate of drug-likeness (QED) is 0.352. The molecule has 0 amide bonds. The van der Waals surface area contributed by atoms with Crippen molar-refractivity contribution in [2.45, 2.75) is 0 Å². The summed E-state index contributed by atoms with van der Waals surface area (Å²) in [5.41, 5.74) is 8.22. The van der Waals surface area contributed by atoms with Crippen molar-refractivity contribution in [2.75, 3.05) is 0 Å². The fraction of sp³-hybridized carbons (Fsp3) is 0. The van der Waals surface area contributed by atoms with Gasteiger partial charge in [0.2, 0.25) is 0 Å². The predicted octanol–water partition coefficient (Wildman–Crippen LogP) is 5.70. The number of fused-ring (bicyclic) bond motifs is 3. The molecule has 0 aliphatic heterocycles. The number of aromatic nitrogens is 3. The first-order valence-electron chi connectivity index (χ1n) is 10.6. The van der Waals surface area contributed by atoms with Crippen LogP contribution < -0.4 is 5.46 Å². The number of hydrogen-bond acceptors (Lipinski definition) is 2. The van der Waals surface area contributed by atoms with Crippen LogP contribution in [0, 0.1) is 0 Å². The van der Waals surface area contributed by atoms with Gasteiger partial charge in [-0.05, 0) is 18.2 Å². The monoisotopic (exact) mass is 407 g/mol. The Morgan fingerprint density at radius 1 is 0.594 bits per heavy atom.